The maximum Gasteiger partial charge on any atom is 0.266 e. The summed E-state index contributed by atoms with van der Waals surface area (Å²) in [6.45, 7) is 0. The predicted molar refractivity (Wildman–Crippen MR) is 68.5 cm³/mol. The minimum atomic E-state index is -0.683. The zero-order chi connectivity index (χ0) is 12.8. The van der Waals surface area contributed by atoms with Crippen molar-refractivity contribution in [3.8, 4) is 0 Å². The summed E-state index contributed by atoms with van der Waals surface area (Å²) in [4.78, 5) is 11.1. The molecule has 7 N–H and O–H groups in total. The topological polar surface area (TPSA) is 107 Å². The Hall–Kier alpha value is -1.36. The molecule has 0 spiro atoms. The Morgan fingerprint density at radius 3 is 2.24 bits per heavy atom. The van der Waals surface area contributed by atoms with Crippen molar-refractivity contribution in [3.05, 3.63) is 22.6 Å². The molecule has 1 rings (SSSR count). The zero-order valence-corrected chi connectivity index (χ0v) is 10.5. The Labute approximate surface area is 106 Å². The molecule has 0 atom stereocenters. The molecule has 0 aromatic carbocycles. The summed E-state index contributed by atoms with van der Waals surface area (Å²) in [6, 6.07) is 0.295. The maximum atomic E-state index is 11.1. The second-order valence-corrected chi connectivity index (χ2v) is 4.64. The fourth-order valence-corrected chi connectivity index (χ4v) is 2.04. The van der Waals surface area contributed by atoms with Gasteiger partial charge in [-0.15, -0.1) is 0 Å². The van der Waals surface area contributed by atoms with Crippen LogP contribution < -0.4 is 22.5 Å². The first-order valence-corrected chi connectivity index (χ1v) is 6.07. The minimum absolute atomic E-state index is 0.0424. The lowest BCUT2D eigenvalue weighted by atomic mass is 9.95. The second kappa shape index (κ2) is 6.39. The largest absolute Gasteiger partial charge is 0.393 e. The van der Waals surface area contributed by atoms with Gasteiger partial charge >= 0.3 is 0 Å². The highest BCUT2D eigenvalue weighted by atomic mass is 35.5. The van der Waals surface area contributed by atoms with Crippen LogP contribution in [0.15, 0.2) is 22.6 Å². The number of carbonyl (C=O) groups excluding carboxylic acids is 1. The first-order chi connectivity index (χ1) is 8.00. The molecule has 0 aromatic rings. The van der Waals surface area contributed by atoms with Crippen LogP contribution in [0, 0.1) is 0 Å². The molecule has 0 aliphatic heterocycles. The number of halogens is 1. The Morgan fingerprint density at radius 2 is 1.76 bits per heavy atom. The van der Waals surface area contributed by atoms with Crippen molar-refractivity contribution in [2.45, 2.75) is 38.1 Å². The van der Waals surface area contributed by atoms with E-state index in [1.807, 2.05) is 0 Å². The number of rotatable bonds is 4. The van der Waals surface area contributed by atoms with Gasteiger partial charge in [-0.25, -0.2) is 0 Å². The van der Waals surface area contributed by atoms with Crippen LogP contribution in [0.5, 0.6) is 0 Å². The second-order valence-electron chi connectivity index (χ2n) is 4.20. The molecule has 5 nitrogen and oxygen atoms in total. The standard InChI is InChI=1S/C11H19ClN4O/c12-9(13)6-8(10(14)11(15)17)16-7-4-2-1-3-5-7/h6-7,16H,1-5,13-14H2,(H2,15,17)/b9-6-,10-8+. The molecule has 0 bridgehead atoms. The summed E-state index contributed by atoms with van der Waals surface area (Å²) in [7, 11) is 0. The van der Waals surface area contributed by atoms with Crippen molar-refractivity contribution in [1.82, 2.24) is 5.32 Å². The summed E-state index contributed by atoms with van der Waals surface area (Å²) in [5, 5.41) is 3.24. The molecule has 1 amide bonds. The van der Waals surface area contributed by atoms with E-state index in [1.165, 1.54) is 25.3 Å². The van der Waals surface area contributed by atoms with Gasteiger partial charge in [0.25, 0.3) is 5.91 Å². The predicted octanol–water partition coefficient (Wildman–Crippen LogP) is 0.603. The number of allylic oxidation sites excluding steroid dienone is 1. The van der Waals surface area contributed by atoms with E-state index in [0.29, 0.717) is 11.7 Å². The number of amides is 1. The van der Waals surface area contributed by atoms with Gasteiger partial charge < -0.3 is 22.5 Å². The summed E-state index contributed by atoms with van der Waals surface area (Å²) in [6.07, 6.45) is 7.10. The smallest absolute Gasteiger partial charge is 0.266 e. The van der Waals surface area contributed by atoms with Crippen LogP contribution in [0.2, 0.25) is 0 Å². The molecular formula is C11H19ClN4O. The average Bonchev–Trinajstić information content (AvgIpc) is 2.28. The van der Waals surface area contributed by atoms with Gasteiger partial charge in [-0.05, 0) is 18.9 Å². The molecule has 1 fully saturated rings. The zero-order valence-electron chi connectivity index (χ0n) is 9.71. The van der Waals surface area contributed by atoms with Crippen molar-refractivity contribution in [3.63, 3.8) is 0 Å². The number of hydrogen-bond acceptors (Lipinski definition) is 4. The molecule has 1 aliphatic rings. The minimum Gasteiger partial charge on any atom is -0.393 e. The Balaban J connectivity index is 2.80. The van der Waals surface area contributed by atoms with Gasteiger partial charge in [0.15, 0.2) is 0 Å². The van der Waals surface area contributed by atoms with Gasteiger partial charge in [0.1, 0.15) is 10.9 Å². The van der Waals surface area contributed by atoms with Crippen LogP contribution in [0.25, 0.3) is 0 Å². The molecule has 96 valence electrons. The molecule has 0 saturated heterocycles. The third-order valence-electron chi connectivity index (χ3n) is 2.80. The summed E-state index contributed by atoms with van der Waals surface area (Å²) in [5.74, 6) is -0.683. The lowest BCUT2D eigenvalue weighted by Gasteiger charge is -2.24. The number of nitrogens with one attached hydrogen (secondary N) is 1. The molecular weight excluding hydrogens is 240 g/mol. The van der Waals surface area contributed by atoms with E-state index in [-0.39, 0.29) is 10.9 Å². The van der Waals surface area contributed by atoms with Crippen LogP contribution in [0.4, 0.5) is 0 Å². The molecule has 0 aromatic heterocycles. The van der Waals surface area contributed by atoms with Crippen molar-refractivity contribution >= 4 is 17.5 Å². The van der Waals surface area contributed by atoms with E-state index in [1.54, 1.807) is 0 Å². The average molecular weight is 259 g/mol. The van der Waals surface area contributed by atoms with E-state index < -0.39 is 5.91 Å². The summed E-state index contributed by atoms with van der Waals surface area (Å²) >= 11 is 5.60. The molecule has 6 heteroatoms. The molecule has 0 unspecified atom stereocenters. The summed E-state index contributed by atoms with van der Waals surface area (Å²) < 4.78 is 0. The van der Waals surface area contributed by atoms with E-state index in [9.17, 15) is 4.79 Å². The highest BCUT2D eigenvalue weighted by Gasteiger charge is 2.16. The van der Waals surface area contributed by atoms with Gasteiger partial charge in [-0.2, -0.15) is 0 Å². The molecule has 17 heavy (non-hydrogen) atoms. The van der Waals surface area contributed by atoms with E-state index in [4.69, 9.17) is 28.8 Å². The van der Waals surface area contributed by atoms with Crippen LogP contribution in [0.3, 0.4) is 0 Å². The molecule has 0 radical (unpaired) electrons. The first kappa shape index (κ1) is 13.7. The van der Waals surface area contributed by atoms with Gasteiger partial charge in [-0.3, -0.25) is 4.79 Å². The first-order valence-electron chi connectivity index (χ1n) is 5.69. The van der Waals surface area contributed by atoms with Crippen molar-refractivity contribution in [2.24, 2.45) is 17.2 Å². The van der Waals surface area contributed by atoms with Gasteiger partial charge in [-0.1, -0.05) is 30.9 Å². The Morgan fingerprint density at radius 1 is 1.18 bits per heavy atom. The van der Waals surface area contributed by atoms with Gasteiger partial charge in [0.05, 0.1) is 5.70 Å². The normalized spacial score (nSPS) is 19.7. The fraction of sp³-hybridized carbons (Fsp3) is 0.545. The lowest BCUT2D eigenvalue weighted by Crippen LogP contribution is -2.34. The third kappa shape index (κ3) is 4.56. The fourth-order valence-electron chi connectivity index (χ4n) is 1.93. The van der Waals surface area contributed by atoms with E-state index >= 15 is 0 Å². The third-order valence-corrected chi connectivity index (χ3v) is 2.91. The van der Waals surface area contributed by atoms with Gasteiger partial charge in [0, 0.05) is 6.04 Å². The Bertz CT molecular complexity index is 341. The number of primary amides is 1. The summed E-state index contributed by atoms with van der Waals surface area (Å²) in [5.41, 5.74) is 16.5. The number of hydrogen-bond donors (Lipinski definition) is 4. The van der Waals surface area contributed by atoms with Crippen LogP contribution >= 0.6 is 11.6 Å². The quantitative estimate of drug-likeness (QED) is 0.337. The SMILES string of the molecule is NC(=O)/C(N)=C(/C=C(\N)Cl)NC1CCCCC1. The van der Waals surface area contributed by atoms with Crippen LogP contribution in [0.1, 0.15) is 32.1 Å². The highest BCUT2D eigenvalue weighted by Crippen LogP contribution is 2.19. The highest BCUT2D eigenvalue weighted by molar-refractivity contribution is 6.29. The monoisotopic (exact) mass is 258 g/mol. The van der Waals surface area contributed by atoms with E-state index in [2.05, 4.69) is 5.32 Å². The molecule has 1 saturated carbocycles. The van der Waals surface area contributed by atoms with Crippen LogP contribution in [-0.4, -0.2) is 11.9 Å². The van der Waals surface area contributed by atoms with E-state index in [0.717, 1.165) is 12.8 Å². The molecule has 1 aliphatic carbocycles. The number of nitrogens with two attached hydrogens (primary N) is 3. The Kier molecular flexibility index (Phi) is 5.15. The van der Waals surface area contributed by atoms with Crippen molar-refractivity contribution in [1.29, 1.82) is 0 Å². The van der Waals surface area contributed by atoms with Gasteiger partial charge in [0.2, 0.25) is 0 Å². The van der Waals surface area contributed by atoms with Crippen LogP contribution in [-0.2, 0) is 4.79 Å². The lowest BCUT2D eigenvalue weighted by molar-refractivity contribution is -0.114. The maximum absolute atomic E-state index is 11.1. The number of carbonyl (C=O) groups is 1. The molecule has 0 heterocycles. The van der Waals surface area contributed by atoms with Crippen molar-refractivity contribution in [2.75, 3.05) is 0 Å². The van der Waals surface area contributed by atoms with Crippen molar-refractivity contribution < 1.29 is 4.79 Å².